The molecule has 2 heterocycles. The zero-order valence-electron chi connectivity index (χ0n) is 15.3. The molecule has 1 unspecified atom stereocenters. The minimum Gasteiger partial charge on any atom is -0.443 e. The molecule has 4 nitrogen and oxygen atoms in total. The molecule has 28 heavy (non-hydrogen) atoms. The lowest BCUT2D eigenvalue weighted by molar-refractivity contribution is -0.945. The average Bonchev–Trinajstić information content (AvgIpc) is 2.71. The number of fused-ring (bicyclic) bond motifs is 5. The summed E-state index contributed by atoms with van der Waals surface area (Å²) in [6, 6.07) is 9.73. The molecule has 0 bridgehead atoms. The normalized spacial score (nSPS) is 18.4. The molecule has 1 atom stereocenters. The van der Waals surface area contributed by atoms with Crippen molar-refractivity contribution in [1.82, 2.24) is 0 Å². The number of halogens is 2. The van der Waals surface area contributed by atoms with Crippen LogP contribution in [0.4, 0.5) is 0 Å². The van der Waals surface area contributed by atoms with E-state index < -0.39 is 0 Å². The third kappa shape index (κ3) is 3.00. The van der Waals surface area contributed by atoms with Crippen molar-refractivity contribution in [2.45, 2.75) is 38.8 Å². The topological polar surface area (TPSA) is 43.9 Å². The Bertz CT molecular complexity index is 1140. The van der Waals surface area contributed by atoms with E-state index in [1.165, 1.54) is 4.90 Å². The van der Waals surface area contributed by atoms with Crippen LogP contribution in [0.1, 0.15) is 35.1 Å². The smallest absolute Gasteiger partial charge is 0.339 e. The molecule has 2 aromatic carbocycles. The molecule has 1 aromatic heterocycles. The number of quaternary nitrogens is 1. The van der Waals surface area contributed by atoms with E-state index in [9.17, 15) is 4.79 Å². The van der Waals surface area contributed by atoms with Crippen LogP contribution in [0.5, 0.6) is 5.75 Å². The van der Waals surface area contributed by atoms with Crippen molar-refractivity contribution >= 4 is 34.2 Å². The molecule has 0 fully saturated rings. The molecule has 0 amide bonds. The van der Waals surface area contributed by atoms with Crippen molar-refractivity contribution in [3.05, 3.63) is 73.1 Å². The number of rotatable bonds is 2. The van der Waals surface area contributed by atoms with Crippen LogP contribution in [-0.4, -0.2) is 6.73 Å². The van der Waals surface area contributed by atoms with Gasteiger partial charge in [-0.3, -0.25) is 4.90 Å². The van der Waals surface area contributed by atoms with Gasteiger partial charge in [-0.05, 0) is 43.4 Å². The van der Waals surface area contributed by atoms with E-state index in [0.29, 0.717) is 29.6 Å². The highest BCUT2D eigenvalue weighted by molar-refractivity contribution is 6.33. The first kappa shape index (κ1) is 18.0. The number of benzene rings is 2. The fraction of sp³-hybridized carbons (Fsp3) is 0.318. The molecule has 2 aliphatic rings. The van der Waals surface area contributed by atoms with Crippen LogP contribution in [0.2, 0.25) is 10.0 Å². The Labute approximate surface area is 172 Å². The first-order valence-electron chi connectivity index (χ1n) is 9.61. The quantitative estimate of drug-likeness (QED) is 0.643. The van der Waals surface area contributed by atoms with Gasteiger partial charge in [-0.25, -0.2) is 4.79 Å². The maximum Gasteiger partial charge on any atom is 0.339 e. The van der Waals surface area contributed by atoms with E-state index in [1.54, 1.807) is 0 Å². The van der Waals surface area contributed by atoms with Crippen LogP contribution in [-0.2, 0) is 25.9 Å². The van der Waals surface area contributed by atoms with Crippen molar-refractivity contribution in [3.63, 3.8) is 0 Å². The number of nitrogens with one attached hydrogen (secondary N) is 1. The Kier molecular flexibility index (Phi) is 4.58. The summed E-state index contributed by atoms with van der Waals surface area (Å²) in [5.41, 5.74) is 4.26. The van der Waals surface area contributed by atoms with Crippen LogP contribution in [0.3, 0.4) is 0 Å². The van der Waals surface area contributed by atoms with E-state index in [-0.39, 0.29) is 5.63 Å². The van der Waals surface area contributed by atoms with Gasteiger partial charge in [0.15, 0.2) is 11.3 Å². The van der Waals surface area contributed by atoms with Gasteiger partial charge in [-0.2, -0.15) is 0 Å². The molecule has 0 saturated carbocycles. The Morgan fingerprint density at radius 2 is 1.79 bits per heavy atom. The molecule has 0 radical (unpaired) electrons. The summed E-state index contributed by atoms with van der Waals surface area (Å²) in [6.07, 6.45) is 3.79. The van der Waals surface area contributed by atoms with Crippen molar-refractivity contribution in [3.8, 4) is 5.75 Å². The minimum atomic E-state index is -0.218. The van der Waals surface area contributed by atoms with Crippen molar-refractivity contribution < 1.29 is 14.1 Å². The van der Waals surface area contributed by atoms with Gasteiger partial charge in [0.05, 0.1) is 10.6 Å². The molecule has 6 heteroatoms. The van der Waals surface area contributed by atoms with Gasteiger partial charge < -0.3 is 9.15 Å². The highest BCUT2D eigenvalue weighted by Gasteiger charge is 2.29. The zero-order valence-corrected chi connectivity index (χ0v) is 16.8. The van der Waals surface area contributed by atoms with Crippen LogP contribution < -0.4 is 15.3 Å². The summed E-state index contributed by atoms with van der Waals surface area (Å²) in [6.45, 7) is 1.88. The molecular formula is C22H20Cl2NO3+. The Morgan fingerprint density at radius 1 is 1.00 bits per heavy atom. The monoisotopic (exact) mass is 416 g/mol. The van der Waals surface area contributed by atoms with Gasteiger partial charge in [0.2, 0.25) is 6.73 Å². The summed E-state index contributed by atoms with van der Waals surface area (Å²) in [5.74, 6) is 0.635. The third-order valence-electron chi connectivity index (χ3n) is 5.76. The highest BCUT2D eigenvalue weighted by atomic mass is 35.5. The zero-order chi connectivity index (χ0) is 19.3. The Balaban J connectivity index is 1.60. The molecular weight excluding hydrogens is 397 g/mol. The van der Waals surface area contributed by atoms with Gasteiger partial charge >= 0.3 is 5.63 Å². The molecule has 1 N–H and O–H groups in total. The van der Waals surface area contributed by atoms with E-state index in [2.05, 4.69) is 0 Å². The van der Waals surface area contributed by atoms with E-state index in [1.807, 2.05) is 30.3 Å². The highest BCUT2D eigenvalue weighted by Crippen LogP contribution is 2.39. The van der Waals surface area contributed by atoms with Crippen LogP contribution >= 0.6 is 23.2 Å². The number of ether oxygens (including phenoxy) is 1. The van der Waals surface area contributed by atoms with E-state index in [4.69, 9.17) is 32.4 Å². The van der Waals surface area contributed by atoms with Gasteiger partial charge in [-0.15, -0.1) is 0 Å². The van der Waals surface area contributed by atoms with Crippen molar-refractivity contribution in [1.29, 1.82) is 0 Å². The standard InChI is InChI=1S/C22H19Cl2NO3/c23-18-8-4-1-5-13(18)10-25-11-17-20-16(9-19(24)21(17)27-12-25)14-6-2-3-7-15(14)22(26)28-20/h1,4-5,8-9H,2-3,6-7,10-12H2/p+1. The first-order valence-corrected chi connectivity index (χ1v) is 10.4. The molecule has 1 aliphatic heterocycles. The molecule has 144 valence electrons. The van der Waals surface area contributed by atoms with E-state index in [0.717, 1.165) is 64.9 Å². The molecule has 3 aromatic rings. The van der Waals surface area contributed by atoms with Gasteiger partial charge in [0.25, 0.3) is 0 Å². The predicted molar refractivity (Wildman–Crippen MR) is 109 cm³/mol. The van der Waals surface area contributed by atoms with Gasteiger partial charge in [0.1, 0.15) is 13.1 Å². The lowest BCUT2D eigenvalue weighted by Gasteiger charge is -2.28. The van der Waals surface area contributed by atoms with Crippen molar-refractivity contribution in [2.75, 3.05) is 6.73 Å². The van der Waals surface area contributed by atoms with Crippen LogP contribution in [0.25, 0.3) is 11.0 Å². The molecule has 1 aliphatic carbocycles. The second-order valence-electron chi connectivity index (χ2n) is 7.58. The molecule has 0 spiro atoms. The predicted octanol–water partition coefficient (Wildman–Crippen LogP) is 3.91. The van der Waals surface area contributed by atoms with Crippen molar-refractivity contribution in [2.24, 2.45) is 0 Å². The number of aryl methyl sites for hydroxylation is 1. The van der Waals surface area contributed by atoms with E-state index >= 15 is 0 Å². The maximum atomic E-state index is 12.6. The third-order valence-corrected chi connectivity index (χ3v) is 6.41. The first-order chi connectivity index (χ1) is 13.6. The minimum absolute atomic E-state index is 0.218. The lowest BCUT2D eigenvalue weighted by atomic mass is 9.90. The van der Waals surface area contributed by atoms with Crippen LogP contribution in [0, 0.1) is 0 Å². The Hall–Kier alpha value is -2.01. The summed E-state index contributed by atoms with van der Waals surface area (Å²) in [7, 11) is 0. The Morgan fingerprint density at radius 3 is 2.61 bits per heavy atom. The summed E-state index contributed by atoms with van der Waals surface area (Å²) in [5, 5.41) is 2.29. The fourth-order valence-electron chi connectivity index (χ4n) is 4.41. The molecule has 5 rings (SSSR count). The second kappa shape index (κ2) is 7.11. The number of hydrogen-bond donors (Lipinski definition) is 1. The van der Waals surface area contributed by atoms with Crippen LogP contribution in [0.15, 0.2) is 39.5 Å². The maximum absolute atomic E-state index is 12.6. The van der Waals surface area contributed by atoms with Gasteiger partial charge in [0, 0.05) is 21.5 Å². The summed E-state index contributed by atoms with van der Waals surface area (Å²) in [4.78, 5) is 13.8. The molecule has 0 saturated heterocycles. The second-order valence-corrected chi connectivity index (χ2v) is 8.39. The summed E-state index contributed by atoms with van der Waals surface area (Å²) < 4.78 is 11.8. The van der Waals surface area contributed by atoms with Gasteiger partial charge in [-0.1, -0.05) is 41.4 Å². The average molecular weight is 417 g/mol. The SMILES string of the molecule is O=c1oc2c3c(c(Cl)cc2c2c1CCCC2)OC[NH+](Cc1ccccc1Cl)C3. The lowest BCUT2D eigenvalue weighted by Crippen LogP contribution is -3.10. The fourth-order valence-corrected chi connectivity index (χ4v) is 4.89. The number of hydrogen-bond acceptors (Lipinski definition) is 3. The summed E-state index contributed by atoms with van der Waals surface area (Å²) >= 11 is 12.9. The largest absolute Gasteiger partial charge is 0.443 e.